The first-order valence-electron chi connectivity index (χ1n) is 6.10. The number of ether oxygens (including phenoxy) is 1. The van der Waals surface area contributed by atoms with Gasteiger partial charge in [-0.3, -0.25) is 4.79 Å². The standard InChI is InChI=1S/C13H14BrFN2O3/c1-20-13(19)17-6-5-8(7-17)16-12(18)11-9(14)3-2-4-10(11)15/h2-4,8H,5-7H2,1H3,(H,16,18)/t8-/m0/s1. The highest BCUT2D eigenvalue weighted by atomic mass is 79.9. The molecular weight excluding hydrogens is 331 g/mol. The predicted molar refractivity (Wildman–Crippen MR) is 73.9 cm³/mol. The van der Waals surface area contributed by atoms with E-state index in [1.165, 1.54) is 24.1 Å². The largest absolute Gasteiger partial charge is 0.453 e. The molecule has 1 fully saturated rings. The topological polar surface area (TPSA) is 58.6 Å². The van der Waals surface area contributed by atoms with Gasteiger partial charge in [0.25, 0.3) is 5.91 Å². The number of rotatable bonds is 2. The first-order valence-corrected chi connectivity index (χ1v) is 6.90. The molecule has 2 rings (SSSR count). The molecule has 0 unspecified atom stereocenters. The van der Waals surface area contributed by atoms with Crippen molar-refractivity contribution in [1.29, 1.82) is 0 Å². The van der Waals surface area contributed by atoms with Crippen LogP contribution in [0.2, 0.25) is 0 Å². The minimum Gasteiger partial charge on any atom is -0.453 e. The Morgan fingerprint density at radius 1 is 1.50 bits per heavy atom. The Balaban J connectivity index is 2.01. The molecule has 2 amide bonds. The molecule has 5 nitrogen and oxygen atoms in total. The second-order valence-electron chi connectivity index (χ2n) is 4.47. The third-order valence-electron chi connectivity index (χ3n) is 3.15. The van der Waals surface area contributed by atoms with E-state index in [4.69, 9.17) is 0 Å². The summed E-state index contributed by atoms with van der Waals surface area (Å²) in [5.74, 6) is -1.08. The predicted octanol–water partition coefficient (Wildman–Crippen LogP) is 2.16. The molecule has 0 saturated carbocycles. The number of nitrogens with one attached hydrogen (secondary N) is 1. The Hall–Kier alpha value is -1.63. The molecule has 0 spiro atoms. The Labute approximate surface area is 124 Å². The second kappa shape index (κ2) is 6.21. The first kappa shape index (κ1) is 14.8. The van der Waals surface area contributed by atoms with Crippen LogP contribution in [0, 0.1) is 5.82 Å². The molecule has 1 aromatic rings. The molecule has 1 saturated heterocycles. The van der Waals surface area contributed by atoms with Gasteiger partial charge in [-0.25, -0.2) is 9.18 Å². The number of hydrogen-bond acceptors (Lipinski definition) is 3. The maximum Gasteiger partial charge on any atom is 0.409 e. The van der Waals surface area contributed by atoms with Gasteiger partial charge >= 0.3 is 6.09 Å². The van der Waals surface area contributed by atoms with E-state index < -0.39 is 17.8 Å². The molecule has 1 atom stereocenters. The fourth-order valence-corrected chi connectivity index (χ4v) is 2.67. The van der Waals surface area contributed by atoms with Gasteiger partial charge in [-0.1, -0.05) is 6.07 Å². The van der Waals surface area contributed by atoms with Gasteiger partial charge in [0.2, 0.25) is 0 Å². The lowest BCUT2D eigenvalue weighted by Crippen LogP contribution is -2.38. The monoisotopic (exact) mass is 344 g/mol. The smallest absolute Gasteiger partial charge is 0.409 e. The highest BCUT2D eigenvalue weighted by Gasteiger charge is 2.29. The SMILES string of the molecule is COC(=O)N1CC[C@H](NC(=O)c2c(F)cccc2Br)C1. The van der Waals surface area contributed by atoms with Crippen LogP contribution in [0.15, 0.2) is 22.7 Å². The van der Waals surface area contributed by atoms with Gasteiger partial charge in [-0.15, -0.1) is 0 Å². The van der Waals surface area contributed by atoms with Crippen molar-refractivity contribution in [3.8, 4) is 0 Å². The molecule has 1 N–H and O–H groups in total. The molecule has 0 radical (unpaired) electrons. The van der Waals surface area contributed by atoms with Gasteiger partial charge < -0.3 is 15.0 Å². The third kappa shape index (κ3) is 3.09. The van der Waals surface area contributed by atoms with E-state index in [2.05, 4.69) is 26.0 Å². The third-order valence-corrected chi connectivity index (χ3v) is 3.81. The van der Waals surface area contributed by atoms with Crippen molar-refractivity contribution in [2.75, 3.05) is 20.2 Å². The summed E-state index contributed by atoms with van der Waals surface area (Å²) in [5.41, 5.74) is -0.0241. The van der Waals surface area contributed by atoms with Gasteiger partial charge in [-0.05, 0) is 34.5 Å². The number of amides is 2. The number of hydrogen-bond donors (Lipinski definition) is 1. The fraction of sp³-hybridized carbons (Fsp3) is 0.385. The van der Waals surface area contributed by atoms with Crippen LogP contribution < -0.4 is 5.32 Å². The van der Waals surface area contributed by atoms with E-state index in [-0.39, 0.29) is 11.6 Å². The summed E-state index contributed by atoms with van der Waals surface area (Å²) in [4.78, 5) is 24.9. The van der Waals surface area contributed by atoms with Gasteiger partial charge in [-0.2, -0.15) is 0 Å². The molecule has 7 heteroatoms. The van der Waals surface area contributed by atoms with Crippen molar-refractivity contribution in [2.24, 2.45) is 0 Å². The van der Waals surface area contributed by atoms with Crippen LogP contribution in [0.5, 0.6) is 0 Å². The van der Waals surface area contributed by atoms with Gasteiger partial charge in [0, 0.05) is 23.6 Å². The minimum absolute atomic E-state index is 0.0241. The zero-order chi connectivity index (χ0) is 14.7. The maximum absolute atomic E-state index is 13.7. The number of carbonyl (C=O) groups is 2. The van der Waals surface area contributed by atoms with E-state index in [9.17, 15) is 14.0 Å². The number of carbonyl (C=O) groups excluding carboxylic acids is 2. The van der Waals surface area contributed by atoms with Crippen LogP contribution in [0.4, 0.5) is 9.18 Å². The molecule has 1 aliphatic rings. The normalized spacial score (nSPS) is 17.9. The molecular formula is C13H14BrFN2O3. The Morgan fingerprint density at radius 2 is 2.25 bits per heavy atom. The maximum atomic E-state index is 13.7. The molecule has 1 aromatic carbocycles. The number of benzene rings is 1. The Bertz CT molecular complexity index is 518. The molecule has 20 heavy (non-hydrogen) atoms. The van der Waals surface area contributed by atoms with Gasteiger partial charge in [0.1, 0.15) is 5.82 Å². The van der Waals surface area contributed by atoms with Crippen molar-refractivity contribution in [3.05, 3.63) is 34.1 Å². The number of nitrogens with zero attached hydrogens (tertiary/aromatic N) is 1. The van der Waals surface area contributed by atoms with Crippen LogP contribution in [0.1, 0.15) is 16.8 Å². The van der Waals surface area contributed by atoms with E-state index in [1.54, 1.807) is 6.07 Å². The summed E-state index contributed by atoms with van der Waals surface area (Å²) >= 11 is 3.16. The van der Waals surface area contributed by atoms with Crippen molar-refractivity contribution in [2.45, 2.75) is 12.5 Å². The zero-order valence-corrected chi connectivity index (χ0v) is 12.4. The van der Waals surface area contributed by atoms with Crippen LogP contribution in [-0.2, 0) is 4.74 Å². The highest BCUT2D eigenvalue weighted by Crippen LogP contribution is 2.20. The summed E-state index contributed by atoms with van der Waals surface area (Å²) in [6.45, 7) is 0.876. The van der Waals surface area contributed by atoms with E-state index in [0.717, 1.165) is 0 Å². The average molecular weight is 345 g/mol. The quantitative estimate of drug-likeness (QED) is 0.894. The van der Waals surface area contributed by atoms with Gasteiger partial charge in [0.05, 0.1) is 12.7 Å². The molecule has 1 aliphatic heterocycles. The molecule has 1 heterocycles. The van der Waals surface area contributed by atoms with Crippen LogP contribution in [0.3, 0.4) is 0 Å². The summed E-state index contributed by atoms with van der Waals surface area (Å²) in [6.07, 6.45) is 0.196. The number of likely N-dealkylation sites (tertiary alicyclic amines) is 1. The summed E-state index contributed by atoms with van der Waals surface area (Å²) in [5, 5.41) is 2.73. The zero-order valence-electron chi connectivity index (χ0n) is 10.9. The summed E-state index contributed by atoms with van der Waals surface area (Å²) < 4.78 is 18.7. The fourth-order valence-electron chi connectivity index (χ4n) is 2.15. The molecule has 0 bridgehead atoms. The Kier molecular flexibility index (Phi) is 4.59. The van der Waals surface area contributed by atoms with Crippen molar-refractivity contribution in [1.82, 2.24) is 10.2 Å². The number of halogens is 2. The molecule has 0 aliphatic carbocycles. The van der Waals surface area contributed by atoms with Crippen molar-refractivity contribution < 1.29 is 18.7 Å². The Morgan fingerprint density at radius 3 is 2.90 bits per heavy atom. The van der Waals surface area contributed by atoms with Crippen LogP contribution in [-0.4, -0.2) is 43.1 Å². The lowest BCUT2D eigenvalue weighted by molar-refractivity contribution is 0.0929. The van der Waals surface area contributed by atoms with E-state index in [0.29, 0.717) is 24.0 Å². The second-order valence-corrected chi connectivity index (χ2v) is 5.33. The first-order chi connectivity index (χ1) is 9.52. The number of methoxy groups -OCH3 is 1. The lowest BCUT2D eigenvalue weighted by Gasteiger charge is -2.16. The summed E-state index contributed by atoms with van der Waals surface area (Å²) in [7, 11) is 1.31. The minimum atomic E-state index is -0.584. The summed E-state index contributed by atoms with van der Waals surface area (Å²) in [6, 6.07) is 4.15. The van der Waals surface area contributed by atoms with Crippen molar-refractivity contribution in [3.63, 3.8) is 0 Å². The highest BCUT2D eigenvalue weighted by molar-refractivity contribution is 9.10. The van der Waals surface area contributed by atoms with Crippen molar-refractivity contribution >= 4 is 27.9 Å². The average Bonchev–Trinajstić information content (AvgIpc) is 2.86. The molecule has 0 aromatic heterocycles. The van der Waals surface area contributed by atoms with Crippen LogP contribution >= 0.6 is 15.9 Å². The van der Waals surface area contributed by atoms with Crippen LogP contribution in [0.25, 0.3) is 0 Å². The van der Waals surface area contributed by atoms with Gasteiger partial charge in [0.15, 0.2) is 0 Å². The van der Waals surface area contributed by atoms with E-state index in [1.807, 2.05) is 0 Å². The molecule has 108 valence electrons. The lowest BCUT2D eigenvalue weighted by atomic mass is 10.1. The van der Waals surface area contributed by atoms with E-state index >= 15 is 0 Å².